The highest BCUT2D eigenvalue weighted by molar-refractivity contribution is 5.93. The van der Waals surface area contributed by atoms with E-state index in [9.17, 15) is 4.79 Å². The van der Waals surface area contributed by atoms with E-state index >= 15 is 0 Å². The second kappa shape index (κ2) is 5.08. The largest absolute Gasteiger partial charge is 0.326 e. The number of fused-ring (bicyclic) bond motifs is 1. The van der Waals surface area contributed by atoms with Gasteiger partial charge in [-0.05, 0) is 23.6 Å². The Balaban J connectivity index is 1.73. The van der Waals surface area contributed by atoms with E-state index < -0.39 is 0 Å². The number of piperazine rings is 1. The van der Waals surface area contributed by atoms with Gasteiger partial charge in [0.05, 0.1) is 0 Å². The van der Waals surface area contributed by atoms with Crippen molar-refractivity contribution in [1.29, 1.82) is 0 Å². The highest BCUT2D eigenvalue weighted by Gasteiger charge is 2.16. The number of hydrogen-bond donors (Lipinski definition) is 2. The third-order valence-corrected chi connectivity index (χ3v) is 3.69. The van der Waals surface area contributed by atoms with Crippen molar-refractivity contribution in [2.45, 2.75) is 19.4 Å². The number of hydrogen-bond acceptors (Lipinski definition) is 3. The van der Waals surface area contributed by atoms with Gasteiger partial charge in [0, 0.05) is 44.8 Å². The molecule has 0 radical (unpaired) electrons. The Morgan fingerprint density at radius 1 is 1.17 bits per heavy atom. The summed E-state index contributed by atoms with van der Waals surface area (Å²) in [6.07, 6.45) is 1.49. The van der Waals surface area contributed by atoms with Gasteiger partial charge in [-0.1, -0.05) is 12.1 Å². The Bertz CT molecular complexity index is 452. The first-order valence-electron chi connectivity index (χ1n) is 6.66. The Labute approximate surface area is 107 Å². The number of rotatable bonds is 2. The normalized spacial score (nSPS) is 20.3. The number of benzene rings is 1. The van der Waals surface area contributed by atoms with Gasteiger partial charge in [0.15, 0.2) is 0 Å². The molecule has 2 heterocycles. The molecule has 0 bridgehead atoms. The van der Waals surface area contributed by atoms with Crippen LogP contribution in [0.3, 0.4) is 0 Å². The van der Waals surface area contributed by atoms with Crippen molar-refractivity contribution in [2.75, 3.05) is 31.5 Å². The van der Waals surface area contributed by atoms with Gasteiger partial charge in [-0.15, -0.1) is 0 Å². The second-order valence-electron chi connectivity index (χ2n) is 5.07. The number of carbonyl (C=O) groups is 1. The number of anilines is 1. The van der Waals surface area contributed by atoms with Crippen molar-refractivity contribution in [3.8, 4) is 0 Å². The fourth-order valence-corrected chi connectivity index (χ4v) is 2.64. The summed E-state index contributed by atoms with van der Waals surface area (Å²) in [5.74, 6) is 0.141. The summed E-state index contributed by atoms with van der Waals surface area (Å²) in [7, 11) is 0. The quantitative estimate of drug-likeness (QED) is 0.816. The first kappa shape index (κ1) is 11.7. The molecule has 1 aromatic carbocycles. The summed E-state index contributed by atoms with van der Waals surface area (Å²) < 4.78 is 0. The summed E-state index contributed by atoms with van der Waals surface area (Å²) in [6.45, 7) is 5.32. The van der Waals surface area contributed by atoms with Gasteiger partial charge in [-0.25, -0.2) is 0 Å². The summed E-state index contributed by atoms with van der Waals surface area (Å²) in [6, 6.07) is 6.49. The summed E-state index contributed by atoms with van der Waals surface area (Å²) in [4.78, 5) is 13.8. The monoisotopic (exact) mass is 245 g/mol. The summed E-state index contributed by atoms with van der Waals surface area (Å²) in [5.41, 5.74) is 3.57. The van der Waals surface area contributed by atoms with Crippen LogP contribution in [0.1, 0.15) is 17.5 Å². The average Bonchev–Trinajstić information content (AvgIpc) is 2.39. The molecule has 1 amide bonds. The molecule has 18 heavy (non-hydrogen) atoms. The lowest BCUT2D eigenvalue weighted by Crippen LogP contribution is -2.42. The molecule has 0 aromatic heterocycles. The van der Waals surface area contributed by atoms with Crippen LogP contribution in [0.4, 0.5) is 5.69 Å². The van der Waals surface area contributed by atoms with Crippen molar-refractivity contribution < 1.29 is 4.79 Å². The van der Waals surface area contributed by atoms with Gasteiger partial charge in [0.2, 0.25) is 5.91 Å². The van der Waals surface area contributed by atoms with Crippen molar-refractivity contribution in [1.82, 2.24) is 10.2 Å². The highest BCUT2D eigenvalue weighted by atomic mass is 16.1. The van der Waals surface area contributed by atoms with Gasteiger partial charge in [-0.3, -0.25) is 9.69 Å². The van der Waals surface area contributed by atoms with Crippen LogP contribution >= 0.6 is 0 Å². The van der Waals surface area contributed by atoms with Gasteiger partial charge >= 0.3 is 0 Å². The molecule has 2 aliphatic rings. The Kier molecular flexibility index (Phi) is 3.30. The van der Waals surface area contributed by atoms with Crippen LogP contribution in [0.5, 0.6) is 0 Å². The molecule has 2 aliphatic heterocycles. The second-order valence-corrected chi connectivity index (χ2v) is 5.07. The van der Waals surface area contributed by atoms with E-state index in [4.69, 9.17) is 0 Å². The fraction of sp³-hybridized carbons (Fsp3) is 0.500. The molecule has 1 saturated heterocycles. The third-order valence-electron chi connectivity index (χ3n) is 3.69. The lowest BCUT2D eigenvalue weighted by Gasteiger charge is -2.27. The lowest BCUT2D eigenvalue weighted by atomic mass is 10.0. The maximum atomic E-state index is 11.4. The van der Waals surface area contributed by atoms with Crippen molar-refractivity contribution in [3.63, 3.8) is 0 Å². The molecule has 4 heteroatoms. The number of amides is 1. The molecule has 0 saturated carbocycles. The van der Waals surface area contributed by atoms with Gasteiger partial charge in [0.25, 0.3) is 0 Å². The maximum Gasteiger partial charge on any atom is 0.224 e. The van der Waals surface area contributed by atoms with Crippen LogP contribution in [0.2, 0.25) is 0 Å². The molecule has 3 rings (SSSR count). The van der Waals surface area contributed by atoms with Gasteiger partial charge in [-0.2, -0.15) is 0 Å². The van der Waals surface area contributed by atoms with Crippen LogP contribution in [0.15, 0.2) is 18.2 Å². The topological polar surface area (TPSA) is 44.4 Å². The molecule has 0 aliphatic carbocycles. The molecule has 1 aromatic rings. The molecule has 0 atom stereocenters. The third kappa shape index (κ3) is 2.54. The van der Waals surface area contributed by atoms with Crippen molar-refractivity contribution >= 4 is 11.6 Å². The van der Waals surface area contributed by atoms with E-state index in [-0.39, 0.29) is 5.91 Å². The molecule has 96 valence electrons. The minimum atomic E-state index is 0.141. The lowest BCUT2D eigenvalue weighted by molar-refractivity contribution is -0.116. The minimum Gasteiger partial charge on any atom is -0.326 e. The van der Waals surface area contributed by atoms with Gasteiger partial charge < -0.3 is 10.6 Å². The van der Waals surface area contributed by atoms with E-state index in [1.807, 2.05) is 0 Å². The number of carbonyl (C=O) groups excluding carboxylic acids is 1. The summed E-state index contributed by atoms with van der Waals surface area (Å²) >= 11 is 0. The number of nitrogens with zero attached hydrogens (tertiary/aromatic N) is 1. The average molecular weight is 245 g/mol. The zero-order chi connectivity index (χ0) is 12.4. The molecular formula is C14H19N3O. The Morgan fingerprint density at radius 3 is 2.83 bits per heavy atom. The minimum absolute atomic E-state index is 0.141. The zero-order valence-electron chi connectivity index (χ0n) is 10.5. The summed E-state index contributed by atoms with van der Waals surface area (Å²) in [5, 5.41) is 6.33. The van der Waals surface area contributed by atoms with E-state index in [0.29, 0.717) is 6.42 Å². The Morgan fingerprint density at radius 2 is 2.00 bits per heavy atom. The van der Waals surface area contributed by atoms with Gasteiger partial charge in [0.1, 0.15) is 0 Å². The van der Waals surface area contributed by atoms with Crippen LogP contribution in [0.25, 0.3) is 0 Å². The van der Waals surface area contributed by atoms with Crippen molar-refractivity contribution in [2.24, 2.45) is 0 Å². The van der Waals surface area contributed by atoms with E-state index in [0.717, 1.165) is 44.8 Å². The smallest absolute Gasteiger partial charge is 0.224 e. The van der Waals surface area contributed by atoms with Crippen LogP contribution in [0, 0.1) is 0 Å². The highest BCUT2D eigenvalue weighted by Crippen LogP contribution is 2.24. The predicted molar refractivity (Wildman–Crippen MR) is 71.5 cm³/mol. The SMILES string of the molecule is O=C1CCc2ccc(CN3CCNCC3)cc2N1. The molecule has 1 fully saturated rings. The molecule has 4 nitrogen and oxygen atoms in total. The number of aryl methyl sites for hydroxylation is 1. The van der Waals surface area contributed by atoms with Crippen LogP contribution < -0.4 is 10.6 Å². The standard InChI is InChI=1S/C14H19N3O/c18-14-4-3-12-2-1-11(9-13(12)16-14)10-17-7-5-15-6-8-17/h1-2,9,15H,3-8,10H2,(H,16,18). The first-order chi connectivity index (χ1) is 8.81. The van der Waals surface area contributed by atoms with E-state index in [2.05, 4.69) is 33.7 Å². The predicted octanol–water partition coefficient (Wildman–Crippen LogP) is 0.976. The van der Waals surface area contributed by atoms with E-state index in [1.54, 1.807) is 0 Å². The fourth-order valence-electron chi connectivity index (χ4n) is 2.64. The zero-order valence-corrected chi connectivity index (χ0v) is 10.5. The van der Waals surface area contributed by atoms with E-state index in [1.165, 1.54) is 11.1 Å². The molecule has 2 N–H and O–H groups in total. The first-order valence-corrected chi connectivity index (χ1v) is 6.66. The number of nitrogens with one attached hydrogen (secondary N) is 2. The van der Waals surface area contributed by atoms with Crippen LogP contribution in [-0.4, -0.2) is 37.0 Å². The van der Waals surface area contributed by atoms with Crippen molar-refractivity contribution in [3.05, 3.63) is 29.3 Å². The molecular weight excluding hydrogens is 226 g/mol. The Hall–Kier alpha value is -1.39. The maximum absolute atomic E-state index is 11.4. The molecule has 0 spiro atoms. The molecule has 0 unspecified atom stereocenters. The van der Waals surface area contributed by atoms with Crippen LogP contribution in [-0.2, 0) is 17.8 Å².